The Hall–Kier alpha value is -3.85. The SMILES string of the molecule is CCOc1ccccc1N(CC(=O)N(CCc1ccccc1)[C@@H](CC)C(=O)NC)S(=O)(=O)c1ccc(C)cc1. The summed E-state index contributed by atoms with van der Waals surface area (Å²) in [6.45, 7) is 5.58. The molecule has 0 saturated heterocycles. The van der Waals surface area contributed by atoms with Crippen molar-refractivity contribution in [3.05, 3.63) is 90.0 Å². The molecule has 0 bridgehead atoms. The van der Waals surface area contributed by atoms with E-state index in [1.807, 2.05) is 44.2 Å². The second kappa shape index (κ2) is 13.8. The van der Waals surface area contributed by atoms with Crippen molar-refractivity contribution in [2.75, 3.05) is 31.0 Å². The monoisotopic (exact) mass is 551 g/mol. The minimum Gasteiger partial charge on any atom is -0.492 e. The van der Waals surface area contributed by atoms with Crippen LogP contribution < -0.4 is 14.4 Å². The minimum atomic E-state index is -4.16. The number of benzene rings is 3. The Morgan fingerprint density at radius 2 is 1.56 bits per heavy atom. The third-order valence-electron chi connectivity index (χ3n) is 6.44. The summed E-state index contributed by atoms with van der Waals surface area (Å²) in [7, 11) is -2.64. The molecule has 1 atom stereocenters. The van der Waals surface area contributed by atoms with Gasteiger partial charge >= 0.3 is 0 Å². The molecule has 0 spiro atoms. The van der Waals surface area contributed by atoms with E-state index in [9.17, 15) is 18.0 Å². The van der Waals surface area contributed by atoms with Gasteiger partial charge in [0.1, 0.15) is 18.3 Å². The summed E-state index contributed by atoms with van der Waals surface area (Å²) >= 11 is 0. The topological polar surface area (TPSA) is 96.0 Å². The van der Waals surface area contributed by atoms with Gasteiger partial charge < -0.3 is 15.0 Å². The number of aryl methyl sites for hydroxylation is 1. The van der Waals surface area contributed by atoms with E-state index in [1.54, 1.807) is 43.3 Å². The van der Waals surface area contributed by atoms with Crippen LogP contribution in [0.2, 0.25) is 0 Å². The van der Waals surface area contributed by atoms with Gasteiger partial charge in [-0.05, 0) is 56.5 Å². The second-order valence-electron chi connectivity index (χ2n) is 9.09. The molecule has 3 aromatic rings. The number of anilines is 1. The van der Waals surface area contributed by atoms with E-state index in [1.165, 1.54) is 24.1 Å². The molecule has 0 aromatic heterocycles. The molecule has 0 heterocycles. The van der Waals surface area contributed by atoms with Gasteiger partial charge in [-0.15, -0.1) is 0 Å². The normalized spacial score (nSPS) is 11.9. The summed E-state index contributed by atoms with van der Waals surface area (Å²) in [5.74, 6) is -0.442. The van der Waals surface area contributed by atoms with Gasteiger partial charge in [-0.25, -0.2) is 8.42 Å². The van der Waals surface area contributed by atoms with Crippen molar-refractivity contribution in [2.45, 2.75) is 44.6 Å². The average molecular weight is 552 g/mol. The number of hydrogen-bond donors (Lipinski definition) is 1. The lowest BCUT2D eigenvalue weighted by Gasteiger charge is -2.33. The molecule has 2 amide bonds. The van der Waals surface area contributed by atoms with Crippen molar-refractivity contribution in [1.82, 2.24) is 10.2 Å². The highest BCUT2D eigenvalue weighted by Crippen LogP contribution is 2.33. The Kier molecular flexibility index (Phi) is 10.5. The predicted octanol–water partition coefficient (Wildman–Crippen LogP) is 4.18. The second-order valence-corrected chi connectivity index (χ2v) is 10.9. The van der Waals surface area contributed by atoms with Gasteiger partial charge in [0, 0.05) is 13.6 Å². The first-order valence-electron chi connectivity index (χ1n) is 13.1. The summed E-state index contributed by atoms with van der Waals surface area (Å²) in [5.41, 5.74) is 2.17. The van der Waals surface area contributed by atoms with E-state index in [-0.39, 0.29) is 23.0 Å². The Morgan fingerprint density at radius 3 is 2.18 bits per heavy atom. The average Bonchev–Trinajstić information content (AvgIpc) is 2.94. The Labute approximate surface area is 231 Å². The number of amides is 2. The van der Waals surface area contributed by atoms with Gasteiger partial charge in [0.25, 0.3) is 10.0 Å². The zero-order valence-corrected chi connectivity index (χ0v) is 23.8. The van der Waals surface area contributed by atoms with Crippen LogP contribution in [0.5, 0.6) is 5.75 Å². The van der Waals surface area contributed by atoms with Crippen molar-refractivity contribution in [3.63, 3.8) is 0 Å². The first-order chi connectivity index (χ1) is 18.7. The highest BCUT2D eigenvalue weighted by atomic mass is 32.2. The molecule has 8 nitrogen and oxygen atoms in total. The van der Waals surface area contributed by atoms with Crippen molar-refractivity contribution in [1.29, 1.82) is 0 Å². The predicted molar refractivity (Wildman–Crippen MR) is 153 cm³/mol. The van der Waals surface area contributed by atoms with E-state index in [0.717, 1.165) is 15.4 Å². The highest BCUT2D eigenvalue weighted by molar-refractivity contribution is 7.92. The number of nitrogens with one attached hydrogen (secondary N) is 1. The van der Waals surface area contributed by atoms with Crippen LogP contribution in [0.25, 0.3) is 0 Å². The maximum absolute atomic E-state index is 14.0. The minimum absolute atomic E-state index is 0.0568. The van der Waals surface area contributed by atoms with Crippen molar-refractivity contribution >= 4 is 27.5 Å². The number of para-hydroxylation sites is 2. The summed E-state index contributed by atoms with van der Waals surface area (Å²) < 4.78 is 34.8. The molecule has 3 aromatic carbocycles. The molecule has 0 radical (unpaired) electrons. The Morgan fingerprint density at radius 1 is 0.923 bits per heavy atom. The molecule has 0 aliphatic rings. The van der Waals surface area contributed by atoms with Gasteiger partial charge in [0.2, 0.25) is 11.8 Å². The molecular weight excluding hydrogens is 514 g/mol. The third kappa shape index (κ3) is 7.38. The number of carbonyl (C=O) groups excluding carboxylic acids is 2. The quantitative estimate of drug-likeness (QED) is 0.344. The molecule has 0 aliphatic carbocycles. The van der Waals surface area contributed by atoms with Crippen LogP contribution in [0, 0.1) is 6.92 Å². The third-order valence-corrected chi connectivity index (χ3v) is 8.21. The first kappa shape index (κ1) is 29.7. The van der Waals surface area contributed by atoms with Gasteiger partial charge in [-0.2, -0.15) is 0 Å². The number of hydrogen-bond acceptors (Lipinski definition) is 5. The van der Waals surface area contributed by atoms with Crippen LogP contribution in [0.15, 0.2) is 83.8 Å². The number of carbonyl (C=O) groups is 2. The number of nitrogens with zero attached hydrogens (tertiary/aromatic N) is 2. The first-order valence-corrected chi connectivity index (χ1v) is 14.5. The zero-order chi connectivity index (χ0) is 28.4. The standard InChI is InChI=1S/C30H37N3O5S/c1-5-26(30(35)31-4)32(21-20-24-12-8-7-9-13-24)29(34)22-33(27-14-10-11-15-28(27)38-6-2)39(36,37)25-18-16-23(3)17-19-25/h7-19,26H,5-6,20-22H2,1-4H3,(H,31,35)/t26-/m0/s1. The van der Waals surface area contributed by atoms with Gasteiger partial charge in [0.05, 0.1) is 17.2 Å². The number of sulfonamides is 1. The summed E-state index contributed by atoms with van der Waals surface area (Å²) in [4.78, 5) is 28.3. The van der Waals surface area contributed by atoms with Gasteiger partial charge in [-0.1, -0.05) is 67.1 Å². The number of rotatable bonds is 13. The van der Waals surface area contributed by atoms with Crippen molar-refractivity contribution in [2.24, 2.45) is 0 Å². The molecule has 39 heavy (non-hydrogen) atoms. The molecule has 3 rings (SSSR count). The largest absolute Gasteiger partial charge is 0.492 e. The highest BCUT2D eigenvalue weighted by Gasteiger charge is 2.34. The van der Waals surface area contributed by atoms with Crippen molar-refractivity contribution < 1.29 is 22.7 Å². The van der Waals surface area contributed by atoms with E-state index < -0.39 is 28.5 Å². The lowest BCUT2D eigenvalue weighted by Crippen LogP contribution is -2.52. The van der Waals surface area contributed by atoms with Gasteiger partial charge in [-0.3, -0.25) is 13.9 Å². The molecule has 1 N–H and O–H groups in total. The Balaban J connectivity index is 2.05. The zero-order valence-electron chi connectivity index (χ0n) is 23.0. The van der Waals surface area contributed by atoms with Crippen LogP contribution in [0.1, 0.15) is 31.4 Å². The van der Waals surface area contributed by atoms with E-state index in [2.05, 4.69) is 5.32 Å². The number of ether oxygens (including phenoxy) is 1. The van der Waals surface area contributed by atoms with Crippen LogP contribution >= 0.6 is 0 Å². The molecule has 9 heteroatoms. The van der Waals surface area contributed by atoms with Crippen LogP contribution in [-0.4, -0.2) is 57.9 Å². The summed E-state index contributed by atoms with van der Waals surface area (Å²) in [6, 6.07) is 22.1. The smallest absolute Gasteiger partial charge is 0.264 e. The van der Waals surface area contributed by atoms with Crippen LogP contribution in [-0.2, 0) is 26.0 Å². The van der Waals surface area contributed by atoms with Crippen LogP contribution in [0.3, 0.4) is 0 Å². The number of likely N-dealkylation sites (N-methyl/N-ethyl adjacent to an activating group) is 1. The molecule has 0 unspecified atom stereocenters. The molecule has 0 fully saturated rings. The lowest BCUT2D eigenvalue weighted by atomic mass is 10.1. The molecule has 0 saturated carbocycles. The van der Waals surface area contributed by atoms with E-state index >= 15 is 0 Å². The maximum Gasteiger partial charge on any atom is 0.264 e. The van der Waals surface area contributed by atoms with E-state index in [4.69, 9.17) is 4.74 Å². The lowest BCUT2D eigenvalue weighted by molar-refractivity contribution is -0.139. The summed E-state index contributed by atoms with van der Waals surface area (Å²) in [5, 5.41) is 2.64. The molecule has 0 aliphatic heterocycles. The van der Waals surface area contributed by atoms with Gasteiger partial charge in [0.15, 0.2) is 0 Å². The van der Waals surface area contributed by atoms with Crippen LogP contribution in [0.4, 0.5) is 5.69 Å². The fraction of sp³-hybridized carbons (Fsp3) is 0.333. The van der Waals surface area contributed by atoms with E-state index in [0.29, 0.717) is 25.2 Å². The molecule has 208 valence electrons. The molecular formula is C30H37N3O5S. The fourth-order valence-corrected chi connectivity index (χ4v) is 5.78. The summed E-state index contributed by atoms with van der Waals surface area (Å²) in [6.07, 6.45) is 0.890. The maximum atomic E-state index is 14.0. The fourth-order valence-electron chi connectivity index (χ4n) is 4.35. The Bertz CT molecular complexity index is 1340. The van der Waals surface area contributed by atoms with Crippen molar-refractivity contribution in [3.8, 4) is 5.75 Å².